The molecule has 1 N–H and O–H groups in total. The summed E-state index contributed by atoms with van der Waals surface area (Å²) < 4.78 is 7.04. The molecule has 0 saturated carbocycles. The van der Waals surface area contributed by atoms with Crippen molar-refractivity contribution in [2.75, 3.05) is 7.05 Å². The van der Waals surface area contributed by atoms with E-state index in [2.05, 4.69) is 44.1 Å². The second-order valence-corrected chi connectivity index (χ2v) is 5.68. The predicted molar refractivity (Wildman–Crippen MR) is 79.1 cm³/mol. The molecule has 1 atom stereocenters. The third kappa shape index (κ3) is 2.00. The fourth-order valence-electron chi connectivity index (χ4n) is 2.09. The van der Waals surface area contributed by atoms with Gasteiger partial charge in [0, 0.05) is 20.8 Å². The SMILES string of the molecule is CNC(c1cc2ccccc2o1)c1cscc1Br. The van der Waals surface area contributed by atoms with E-state index in [4.69, 9.17) is 4.42 Å². The second-order valence-electron chi connectivity index (χ2n) is 4.08. The summed E-state index contributed by atoms with van der Waals surface area (Å²) in [5, 5.41) is 8.67. The first-order valence-corrected chi connectivity index (χ1v) is 7.40. The second kappa shape index (κ2) is 4.88. The van der Waals surface area contributed by atoms with Crippen LogP contribution in [0.2, 0.25) is 0 Å². The summed E-state index contributed by atoms with van der Waals surface area (Å²) in [6.07, 6.45) is 0. The van der Waals surface area contributed by atoms with Gasteiger partial charge in [0.1, 0.15) is 11.3 Å². The van der Waals surface area contributed by atoms with E-state index < -0.39 is 0 Å². The van der Waals surface area contributed by atoms with Crippen molar-refractivity contribution in [3.05, 3.63) is 56.9 Å². The summed E-state index contributed by atoms with van der Waals surface area (Å²) in [5.74, 6) is 0.942. The van der Waals surface area contributed by atoms with Gasteiger partial charge in [0.25, 0.3) is 0 Å². The minimum absolute atomic E-state index is 0.0815. The molecule has 0 aliphatic rings. The summed E-state index contributed by atoms with van der Waals surface area (Å²) in [6.45, 7) is 0. The van der Waals surface area contributed by atoms with E-state index >= 15 is 0 Å². The zero-order chi connectivity index (χ0) is 12.5. The molecule has 0 spiro atoms. The summed E-state index contributed by atoms with van der Waals surface area (Å²) >= 11 is 5.26. The van der Waals surface area contributed by atoms with Gasteiger partial charge in [-0.2, -0.15) is 11.3 Å². The highest BCUT2D eigenvalue weighted by Gasteiger charge is 2.19. The molecular formula is C14H12BrNOS. The molecule has 2 heterocycles. The molecule has 2 nitrogen and oxygen atoms in total. The van der Waals surface area contributed by atoms with Gasteiger partial charge in [-0.05, 0) is 40.5 Å². The van der Waals surface area contributed by atoms with Gasteiger partial charge in [0.05, 0.1) is 6.04 Å². The van der Waals surface area contributed by atoms with Crippen molar-refractivity contribution in [3.63, 3.8) is 0 Å². The molecule has 4 heteroatoms. The Labute approximate surface area is 118 Å². The van der Waals surface area contributed by atoms with Crippen molar-refractivity contribution >= 4 is 38.2 Å². The first kappa shape index (κ1) is 12.0. The first-order chi connectivity index (χ1) is 8.79. The Hall–Kier alpha value is -1.10. The molecular weight excluding hydrogens is 310 g/mol. The van der Waals surface area contributed by atoms with Gasteiger partial charge in [0.2, 0.25) is 0 Å². The molecule has 0 radical (unpaired) electrons. The lowest BCUT2D eigenvalue weighted by molar-refractivity contribution is 0.491. The van der Waals surface area contributed by atoms with E-state index in [1.807, 2.05) is 25.2 Å². The van der Waals surface area contributed by atoms with Crippen LogP contribution in [0.4, 0.5) is 0 Å². The summed E-state index contributed by atoms with van der Waals surface area (Å²) in [7, 11) is 1.95. The van der Waals surface area contributed by atoms with Gasteiger partial charge in [-0.25, -0.2) is 0 Å². The summed E-state index contributed by atoms with van der Waals surface area (Å²) in [5.41, 5.74) is 2.14. The number of fused-ring (bicyclic) bond motifs is 1. The van der Waals surface area contributed by atoms with Gasteiger partial charge < -0.3 is 9.73 Å². The topological polar surface area (TPSA) is 25.2 Å². The maximum absolute atomic E-state index is 5.92. The highest BCUT2D eigenvalue weighted by Crippen LogP contribution is 2.33. The van der Waals surface area contributed by atoms with Crippen LogP contribution in [0.5, 0.6) is 0 Å². The maximum Gasteiger partial charge on any atom is 0.134 e. The van der Waals surface area contributed by atoms with Crippen molar-refractivity contribution in [2.24, 2.45) is 0 Å². The van der Waals surface area contributed by atoms with Gasteiger partial charge in [-0.1, -0.05) is 18.2 Å². The van der Waals surface area contributed by atoms with Crippen molar-refractivity contribution in [3.8, 4) is 0 Å². The Morgan fingerprint density at radius 1 is 1.28 bits per heavy atom. The van der Waals surface area contributed by atoms with Crippen LogP contribution in [-0.4, -0.2) is 7.05 Å². The number of thiophene rings is 1. The number of benzene rings is 1. The Bertz CT molecular complexity index is 640. The minimum Gasteiger partial charge on any atom is -0.459 e. The number of rotatable bonds is 3. The van der Waals surface area contributed by atoms with Gasteiger partial charge in [-0.3, -0.25) is 0 Å². The molecule has 0 fully saturated rings. The van der Waals surface area contributed by atoms with E-state index in [0.717, 1.165) is 21.2 Å². The molecule has 18 heavy (non-hydrogen) atoms. The molecule has 0 saturated heterocycles. The zero-order valence-electron chi connectivity index (χ0n) is 9.81. The van der Waals surface area contributed by atoms with E-state index in [1.54, 1.807) is 11.3 Å². The van der Waals surface area contributed by atoms with Gasteiger partial charge in [0.15, 0.2) is 0 Å². The lowest BCUT2D eigenvalue weighted by Crippen LogP contribution is -2.16. The minimum atomic E-state index is 0.0815. The zero-order valence-corrected chi connectivity index (χ0v) is 12.2. The highest BCUT2D eigenvalue weighted by molar-refractivity contribution is 9.10. The van der Waals surface area contributed by atoms with Gasteiger partial charge in [-0.15, -0.1) is 0 Å². The largest absolute Gasteiger partial charge is 0.459 e. The Morgan fingerprint density at radius 3 is 2.78 bits per heavy atom. The molecule has 1 aromatic carbocycles. The van der Waals surface area contributed by atoms with Crippen molar-refractivity contribution in [2.45, 2.75) is 6.04 Å². The molecule has 0 aliphatic carbocycles. The van der Waals surface area contributed by atoms with Crippen molar-refractivity contribution in [1.29, 1.82) is 0 Å². The molecule has 3 aromatic rings. The Balaban J connectivity index is 2.09. The molecule has 0 amide bonds. The molecule has 1 unspecified atom stereocenters. The number of para-hydroxylation sites is 1. The van der Waals surface area contributed by atoms with E-state index in [9.17, 15) is 0 Å². The standard InChI is InChI=1S/C14H12BrNOS/c1-16-14(10-7-18-8-11(10)15)13-6-9-4-2-3-5-12(9)17-13/h2-8,14,16H,1H3. The number of nitrogens with one attached hydrogen (secondary N) is 1. The van der Waals surface area contributed by atoms with Crippen LogP contribution in [0, 0.1) is 0 Å². The van der Waals surface area contributed by atoms with Crippen LogP contribution in [0.3, 0.4) is 0 Å². The average molecular weight is 322 g/mol. The molecule has 92 valence electrons. The van der Waals surface area contributed by atoms with E-state index in [0.29, 0.717) is 0 Å². The van der Waals surface area contributed by atoms with E-state index in [1.165, 1.54) is 5.56 Å². The Morgan fingerprint density at radius 2 is 2.11 bits per heavy atom. The third-order valence-corrected chi connectivity index (χ3v) is 4.72. The highest BCUT2D eigenvalue weighted by atomic mass is 79.9. The maximum atomic E-state index is 5.92. The first-order valence-electron chi connectivity index (χ1n) is 5.67. The molecule has 3 rings (SSSR count). The van der Waals surface area contributed by atoms with Crippen LogP contribution >= 0.6 is 27.3 Å². The molecule has 0 aliphatic heterocycles. The normalized spacial score (nSPS) is 13.0. The fourth-order valence-corrected chi connectivity index (χ4v) is 3.64. The quantitative estimate of drug-likeness (QED) is 0.764. The van der Waals surface area contributed by atoms with E-state index in [-0.39, 0.29) is 6.04 Å². The van der Waals surface area contributed by atoms with Crippen LogP contribution in [-0.2, 0) is 0 Å². The number of halogens is 1. The lowest BCUT2D eigenvalue weighted by atomic mass is 10.1. The summed E-state index contributed by atoms with van der Waals surface area (Å²) in [6, 6.07) is 10.3. The summed E-state index contributed by atoms with van der Waals surface area (Å²) in [4.78, 5) is 0. The lowest BCUT2D eigenvalue weighted by Gasteiger charge is -2.12. The average Bonchev–Trinajstić information content (AvgIpc) is 2.97. The molecule has 2 aromatic heterocycles. The monoisotopic (exact) mass is 321 g/mol. The number of hydrogen-bond acceptors (Lipinski definition) is 3. The molecule has 0 bridgehead atoms. The van der Waals surface area contributed by atoms with Crippen molar-refractivity contribution < 1.29 is 4.42 Å². The predicted octanol–water partition coefficient (Wildman–Crippen LogP) is 4.57. The van der Waals surface area contributed by atoms with Crippen molar-refractivity contribution in [1.82, 2.24) is 5.32 Å². The Kier molecular flexibility index (Phi) is 3.24. The van der Waals surface area contributed by atoms with Gasteiger partial charge >= 0.3 is 0 Å². The van der Waals surface area contributed by atoms with Crippen LogP contribution in [0.1, 0.15) is 17.4 Å². The number of furan rings is 1. The smallest absolute Gasteiger partial charge is 0.134 e. The van der Waals surface area contributed by atoms with Crippen LogP contribution in [0.25, 0.3) is 11.0 Å². The fraction of sp³-hybridized carbons (Fsp3) is 0.143. The van der Waals surface area contributed by atoms with Crippen LogP contribution in [0.15, 0.2) is 50.0 Å². The number of hydrogen-bond donors (Lipinski definition) is 1. The third-order valence-electron chi connectivity index (χ3n) is 2.97. The van der Waals surface area contributed by atoms with Crippen LogP contribution < -0.4 is 5.32 Å².